The standard InChI is InChI=1S/C25H50N2O2/c1-2-3-4-5-6-7-8-9-10-11-12-13-14-15-16-17-18-26-19-21-27(22-20-26)23-25(29)24-28/h9-10,25,28-29H,2-8,11-24H2,1H3/b10-9-. The summed E-state index contributed by atoms with van der Waals surface area (Å²) in [4.78, 5) is 4.82. The van der Waals surface area contributed by atoms with Gasteiger partial charge in [-0.1, -0.05) is 76.9 Å². The molecule has 4 nitrogen and oxygen atoms in total. The van der Waals surface area contributed by atoms with Gasteiger partial charge in [-0.3, -0.25) is 4.90 Å². The van der Waals surface area contributed by atoms with Crippen molar-refractivity contribution < 1.29 is 10.2 Å². The minimum absolute atomic E-state index is 0.129. The number of piperazine rings is 1. The Kier molecular flexibility index (Phi) is 17.9. The molecule has 29 heavy (non-hydrogen) atoms. The maximum Gasteiger partial charge on any atom is 0.0897 e. The van der Waals surface area contributed by atoms with Crippen LogP contribution in [-0.4, -0.2) is 72.0 Å². The minimum atomic E-state index is -0.586. The quantitative estimate of drug-likeness (QED) is 0.232. The Labute approximate surface area is 181 Å². The van der Waals surface area contributed by atoms with E-state index in [2.05, 4.69) is 28.9 Å². The third-order valence-corrected chi connectivity index (χ3v) is 6.13. The second-order valence-electron chi connectivity index (χ2n) is 8.92. The summed E-state index contributed by atoms with van der Waals surface area (Å²) in [5, 5.41) is 18.5. The van der Waals surface area contributed by atoms with E-state index in [0.717, 1.165) is 26.2 Å². The number of aliphatic hydroxyl groups excluding tert-OH is 2. The fourth-order valence-corrected chi connectivity index (χ4v) is 4.13. The first-order valence-electron chi connectivity index (χ1n) is 12.6. The highest BCUT2D eigenvalue weighted by atomic mass is 16.3. The zero-order valence-electron chi connectivity index (χ0n) is 19.4. The Morgan fingerprint density at radius 1 is 0.690 bits per heavy atom. The van der Waals surface area contributed by atoms with E-state index in [9.17, 15) is 5.11 Å². The lowest BCUT2D eigenvalue weighted by molar-refractivity contribution is 0.0393. The van der Waals surface area contributed by atoms with Gasteiger partial charge in [-0.25, -0.2) is 0 Å². The Balaban J connectivity index is 1.80. The maximum atomic E-state index is 9.53. The summed E-state index contributed by atoms with van der Waals surface area (Å²) in [7, 11) is 0. The van der Waals surface area contributed by atoms with Crippen LogP contribution in [0.15, 0.2) is 12.2 Å². The van der Waals surface area contributed by atoms with Gasteiger partial charge in [0.1, 0.15) is 0 Å². The third kappa shape index (κ3) is 16.0. The molecule has 0 aromatic heterocycles. The Morgan fingerprint density at radius 3 is 1.72 bits per heavy atom. The Hall–Kier alpha value is -0.420. The van der Waals surface area contributed by atoms with E-state index >= 15 is 0 Å². The second-order valence-corrected chi connectivity index (χ2v) is 8.92. The van der Waals surface area contributed by atoms with Crippen LogP contribution >= 0.6 is 0 Å². The molecule has 0 aliphatic carbocycles. The van der Waals surface area contributed by atoms with E-state index in [1.54, 1.807) is 0 Å². The molecule has 172 valence electrons. The molecule has 4 heteroatoms. The van der Waals surface area contributed by atoms with Gasteiger partial charge in [-0.15, -0.1) is 0 Å². The summed E-state index contributed by atoms with van der Waals surface area (Å²) in [6.45, 7) is 8.22. The van der Waals surface area contributed by atoms with Crippen molar-refractivity contribution >= 4 is 0 Å². The summed E-state index contributed by atoms with van der Waals surface area (Å²) in [6, 6.07) is 0. The van der Waals surface area contributed by atoms with Crippen molar-refractivity contribution in [3.05, 3.63) is 12.2 Å². The number of β-amino-alcohol motifs (C(OH)–C–C–N with tert-alkyl or cyclic N) is 1. The molecule has 0 bridgehead atoms. The lowest BCUT2D eigenvalue weighted by Gasteiger charge is -2.35. The zero-order valence-corrected chi connectivity index (χ0v) is 19.4. The first kappa shape index (κ1) is 26.6. The van der Waals surface area contributed by atoms with Crippen LogP contribution in [0, 0.1) is 0 Å². The lowest BCUT2D eigenvalue weighted by atomic mass is 10.1. The fourth-order valence-electron chi connectivity index (χ4n) is 4.13. The SMILES string of the molecule is CCCCCCCC/C=C\CCCCCCCCN1CCN(CC(O)CO)CC1. The minimum Gasteiger partial charge on any atom is -0.394 e. The van der Waals surface area contributed by atoms with Gasteiger partial charge in [0.2, 0.25) is 0 Å². The van der Waals surface area contributed by atoms with E-state index in [1.807, 2.05) is 0 Å². The van der Waals surface area contributed by atoms with Crippen LogP contribution in [0.25, 0.3) is 0 Å². The summed E-state index contributed by atoms with van der Waals surface area (Å²) in [6.07, 6.45) is 23.3. The molecule has 0 radical (unpaired) electrons. The van der Waals surface area contributed by atoms with Crippen molar-refractivity contribution in [1.82, 2.24) is 9.80 Å². The molecule has 1 saturated heterocycles. The molecule has 0 aromatic carbocycles. The molecule has 1 aliphatic rings. The van der Waals surface area contributed by atoms with Crippen LogP contribution in [0.3, 0.4) is 0 Å². The van der Waals surface area contributed by atoms with E-state index in [0.29, 0.717) is 6.54 Å². The Morgan fingerprint density at radius 2 is 1.17 bits per heavy atom. The molecule has 1 unspecified atom stereocenters. The number of hydrogen-bond donors (Lipinski definition) is 2. The van der Waals surface area contributed by atoms with Crippen LogP contribution in [0.2, 0.25) is 0 Å². The van der Waals surface area contributed by atoms with E-state index in [-0.39, 0.29) is 6.61 Å². The van der Waals surface area contributed by atoms with Crippen molar-refractivity contribution in [2.24, 2.45) is 0 Å². The molecule has 2 N–H and O–H groups in total. The molecule has 1 rings (SSSR count). The number of nitrogens with zero attached hydrogens (tertiary/aromatic N) is 2. The smallest absolute Gasteiger partial charge is 0.0897 e. The molecule has 1 heterocycles. The van der Waals surface area contributed by atoms with Gasteiger partial charge in [0.15, 0.2) is 0 Å². The first-order valence-corrected chi connectivity index (χ1v) is 12.6. The van der Waals surface area contributed by atoms with Crippen molar-refractivity contribution in [1.29, 1.82) is 0 Å². The predicted molar refractivity (Wildman–Crippen MR) is 125 cm³/mol. The van der Waals surface area contributed by atoms with E-state index in [1.165, 1.54) is 96.4 Å². The van der Waals surface area contributed by atoms with Gasteiger partial charge < -0.3 is 15.1 Å². The van der Waals surface area contributed by atoms with Gasteiger partial charge >= 0.3 is 0 Å². The normalized spacial score (nSPS) is 17.3. The van der Waals surface area contributed by atoms with Crippen LogP contribution < -0.4 is 0 Å². The van der Waals surface area contributed by atoms with Crippen molar-refractivity contribution in [2.75, 3.05) is 45.9 Å². The summed E-state index contributed by atoms with van der Waals surface area (Å²) < 4.78 is 0. The van der Waals surface area contributed by atoms with E-state index < -0.39 is 6.10 Å². The molecule has 0 spiro atoms. The first-order chi connectivity index (χ1) is 14.3. The van der Waals surface area contributed by atoms with Crippen LogP contribution in [-0.2, 0) is 0 Å². The van der Waals surface area contributed by atoms with Crippen LogP contribution in [0.4, 0.5) is 0 Å². The zero-order chi connectivity index (χ0) is 21.0. The molecule has 0 saturated carbocycles. The lowest BCUT2D eigenvalue weighted by Crippen LogP contribution is -2.49. The third-order valence-electron chi connectivity index (χ3n) is 6.13. The monoisotopic (exact) mass is 410 g/mol. The highest BCUT2D eigenvalue weighted by Gasteiger charge is 2.18. The van der Waals surface area contributed by atoms with Gasteiger partial charge in [0, 0.05) is 32.7 Å². The molecule has 1 atom stereocenters. The summed E-state index contributed by atoms with van der Waals surface area (Å²) in [5.41, 5.74) is 0. The van der Waals surface area contributed by atoms with Gasteiger partial charge in [0.05, 0.1) is 12.7 Å². The van der Waals surface area contributed by atoms with Crippen molar-refractivity contribution in [2.45, 2.75) is 103 Å². The van der Waals surface area contributed by atoms with Crippen molar-refractivity contribution in [3.63, 3.8) is 0 Å². The molecule has 0 amide bonds. The average molecular weight is 411 g/mol. The average Bonchev–Trinajstić information content (AvgIpc) is 2.74. The van der Waals surface area contributed by atoms with Crippen LogP contribution in [0.1, 0.15) is 96.8 Å². The largest absolute Gasteiger partial charge is 0.394 e. The summed E-state index contributed by atoms with van der Waals surface area (Å²) >= 11 is 0. The van der Waals surface area contributed by atoms with E-state index in [4.69, 9.17) is 5.11 Å². The summed E-state index contributed by atoms with van der Waals surface area (Å²) in [5.74, 6) is 0. The molecule has 1 fully saturated rings. The topological polar surface area (TPSA) is 46.9 Å². The maximum absolute atomic E-state index is 9.53. The van der Waals surface area contributed by atoms with Crippen LogP contribution in [0.5, 0.6) is 0 Å². The number of allylic oxidation sites excluding steroid dienone is 2. The second kappa shape index (κ2) is 19.5. The highest BCUT2D eigenvalue weighted by molar-refractivity contribution is 4.81. The van der Waals surface area contributed by atoms with Gasteiger partial charge in [0.25, 0.3) is 0 Å². The van der Waals surface area contributed by atoms with Gasteiger partial charge in [-0.2, -0.15) is 0 Å². The fraction of sp³-hybridized carbons (Fsp3) is 0.920. The van der Waals surface area contributed by atoms with Gasteiger partial charge in [-0.05, 0) is 38.6 Å². The number of hydrogen-bond acceptors (Lipinski definition) is 4. The predicted octanol–water partition coefficient (Wildman–Crippen LogP) is 4.99. The number of rotatable bonds is 19. The molecule has 1 aliphatic heterocycles. The Bertz CT molecular complexity index is 368. The van der Waals surface area contributed by atoms with Crippen molar-refractivity contribution in [3.8, 4) is 0 Å². The molecular weight excluding hydrogens is 360 g/mol. The number of unbranched alkanes of at least 4 members (excludes halogenated alkanes) is 12. The highest BCUT2D eigenvalue weighted by Crippen LogP contribution is 2.11. The molecular formula is C25H50N2O2. The number of aliphatic hydroxyl groups is 2. The molecule has 0 aromatic rings.